The number of aliphatic hydroxyl groups is 1. The number of β-amino-alcohol motifs (C(OH)–C–C–N with tert-alkyl or cyclic N) is 1. The zero-order valence-electron chi connectivity index (χ0n) is 11.0. The maximum Gasteiger partial charge on any atom is 0.292 e. The third-order valence-electron chi connectivity index (χ3n) is 3.81. The molecule has 3 rings (SSSR count). The number of carbonyl (C=O) groups excluding carboxylic acids is 1. The summed E-state index contributed by atoms with van der Waals surface area (Å²) in [5.74, 6) is -0.153. The fraction of sp³-hybridized carbons (Fsp3) is 0.462. The van der Waals surface area contributed by atoms with E-state index in [0.717, 1.165) is 0 Å². The first-order valence-corrected chi connectivity index (χ1v) is 6.44. The Morgan fingerprint density at radius 3 is 2.85 bits per heavy atom. The van der Waals surface area contributed by atoms with Crippen molar-refractivity contribution in [1.29, 1.82) is 0 Å². The molecule has 7 nitrogen and oxygen atoms in total. The first-order chi connectivity index (χ1) is 9.35. The zero-order valence-corrected chi connectivity index (χ0v) is 11.0. The molecule has 1 amide bonds. The molecule has 1 unspecified atom stereocenters. The smallest absolute Gasteiger partial charge is 0.292 e. The Hall–Kier alpha value is -2.15. The van der Waals surface area contributed by atoms with Gasteiger partial charge in [-0.05, 0) is 25.0 Å². The number of fused-ring (bicyclic) bond motifs is 1. The van der Waals surface area contributed by atoms with Gasteiger partial charge in [0, 0.05) is 24.8 Å². The minimum absolute atomic E-state index is 0.0158. The second-order valence-corrected chi connectivity index (χ2v) is 5.65. The summed E-state index contributed by atoms with van der Waals surface area (Å²) in [5.41, 5.74) is 0.876. The molecule has 0 aromatic heterocycles. The highest BCUT2D eigenvalue weighted by Gasteiger charge is 2.35. The van der Waals surface area contributed by atoms with Crippen LogP contribution in [0.5, 0.6) is 0 Å². The topological polar surface area (TPSA) is 95.7 Å². The lowest BCUT2D eigenvalue weighted by Crippen LogP contribution is -2.29. The first kappa shape index (κ1) is 12.9. The molecular formula is C13H15N3O4. The lowest BCUT2D eigenvalue weighted by molar-refractivity contribution is -0.384. The molecule has 0 aliphatic carbocycles. The SMILES string of the molecule is CC1(O)CCN(c2cc3c(cc2[N+](=O)[O-])CC(=O)N3)C1. The maximum atomic E-state index is 11.4. The summed E-state index contributed by atoms with van der Waals surface area (Å²) in [6.45, 7) is 2.62. The van der Waals surface area contributed by atoms with Crippen LogP contribution < -0.4 is 10.2 Å². The van der Waals surface area contributed by atoms with Crippen molar-refractivity contribution in [2.75, 3.05) is 23.3 Å². The van der Waals surface area contributed by atoms with Gasteiger partial charge >= 0.3 is 0 Å². The van der Waals surface area contributed by atoms with E-state index in [9.17, 15) is 20.0 Å². The van der Waals surface area contributed by atoms with E-state index in [1.807, 2.05) is 0 Å². The number of nitrogens with one attached hydrogen (secondary N) is 1. The second-order valence-electron chi connectivity index (χ2n) is 5.65. The van der Waals surface area contributed by atoms with E-state index in [2.05, 4.69) is 5.32 Å². The highest BCUT2D eigenvalue weighted by Crippen LogP contribution is 2.39. The molecule has 1 fully saturated rings. The number of hydrogen-bond donors (Lipinski definition) is 2. The van der Waals surface area contributed by atoms with Gasteiger partial charge in [-0.1, -0.05) is 0 Å². The minimum Gasteiger partial charge on any atom is -0.388 e. The molecule has 2 aliphatic heterocycles. The quantitative estimate of drug-likeness (QED) is 0.622. The van der Waals surface area contributed by atoms with Crippen molar-refractivity contribution in [1.82, 2.24) is 0 Å². The Kier molecular flexibility index (Phi) is 2.68. The van der Waals surface area contributed by atoms with Gasteiger partial charge < -0.3 is 15.3 Å². The van der Waals surface area contributed by atoms with E-state index >= 15 is 0 Å². The summed E-state index contributed by atoms with van der Waals surface area (Å²) in [4.78, 5) is 24.0. The van der Waals surface area contributed by atoms with Crippen molar-refractivity contribution in [3.05, 3.63) is 27.8 Å². The summed E-state index contributed by atoms with van der Waals surface area (Å²) in [6.07, 6.45) is 0.738. The van der Waals surface area contributed by atoms with Crippen molar-refractivity contribution < 1.29 is 14.8 Å². The van der Waals surface area contributed by atoms with Crippen LogP contribution >= 0.6 is 0 Å². The molecule has 1 aromatic carbocycles. The number of amides is 1. The fourth-order valence-electron chi connectivity index (χ4n) is 2.80. The number of rotatable bonds is 2. The predicted molar refractivity (Wildman–Crippen MR) is 72.9 cm³/mol. The number of nitrogens with zero attached hydrogens (tertiary/aromatic N) is 2. The van der Waals surface area contributed by atoms with E-state index in [1.54, 1.807) is 17.9 Å². The number of benzene rings is 1. The summed E-state index contributed by atoms with van der Waals surface area (Å²) in [7, 11) is 0. The van der Waals surface area contributed by atoms with Gasteiger partial charge in [0.1, 0.15) is 5.69 Å². The fourth-order valence-corrected chi connectivity index (χ4v) is 2.80. The maximum absolute atomic E-state index is 11.4. The summed E-state index contributed by atoms with van der Waals surface area (Å²) in [5, 5.41) is 23.9. The van der Waals surface area contributed by atoms with Gasteiger partial charge in [-0.2, -0.15) is 0 Å². The van der Waals surface area contributed by atoms with Crippen LogP contribution in [-0.4, -0.2) is 34.6 Å². The summed E-state index contributed by atoms with van der Waals surface area (Å²) < 4.78 is 0. The summed E-state index contributed by atoms with van der Waals surface area (Å²) in [6, 6.07) is 3.09. The molecule has 2 heterocycles. The van der Waals surface area contributed by atoms with Crippen LogP contribution in [-0.2, 0) is 11.2 Å². The molecule has 2 N–H and O–H groups in total. The third-order valence-corrected chi connectivity index (χ3v) is 3.81. The van der Waals surface area contributed by atoms with E-state index in [1.165, 1.54) is 6.07 Å². The lowest BCUT2D eigenvalue weighted by Gasteiger charge is -2.21. The number of carbonyl (C=O) groups is 1. The molecule has 1 atom stereocenters. The van der Waals surface area contributed by atoms with E-state index in [4.69, 9.17) is 0 Å². The normalized spacial score (nSPS) is 24.7. The molecule has 1 saturated heterocycles. The molecule has 0 saturated carbocycles. The average molecular weight is 277 g/mol. The van der Waals surface area contributed by atoms with Crippen LogP contribution in [0, 0.1) is 10.1 Å². The molecular weight excluding hydrogens is 262 g/mol. The Morgan fingerprint density at radius 1 is 1.50 bits per heavy atom. The highest BCUT2D eigenvalue weighted by atomic mass is 16.6. The molecule has 0 spiro atoms. The van der Waals surface area contributed by atoms with Gasteiger partial charge in [0.25, 0.3) is 5.69 Å². The Bertz CT molecular complexity index is 612. The molecule has 106 valence electrons. The van der Waals surface area contributed by atoms with Gasteiger partial charge in [-0.15, -0.1) is 0 Å². The first-order valence-electron chi connectivity index (χ1n) is 6.44. The van der Waals surface area contributed by atoms with Crippen LogP contribution in [0.3, 0.4) is 0 Å². The largest absolute Gasteiger partial charge is 0.388 e. The molecule has 0 radical (unpaired) electrons. The van der Waals surface area contributed by atoms with Gasteiger partial charge in [-0.3, -0.25) is 14.9 Å². The van der Waals surface area contributed by atoms with Crippen molar-refractivity contribution in [3.8, 4) is 0 Å². The molecule has 0 bridgehead atoms. The van der Waals surface area contributed by atoms with E-state index in [-0.39, 0.29) is 18.0 Å². The van der Waals surface area contributed by atoms with Crippen LogP contribution in [0.4, 0.5) is 17.1 Å². The van der Waals surface area contributed by atoms with Crippen molar-refractivity contribution in [3.63, 3.8) is 0 Å². The Balaban J connectivity index is 2.04. The molecule has 1 aromatic rings. The highest BCUT2D eigenvalue weighted by molar-refractivity contribution is 6.00. The number of anilines is 2. The second kappa shape index (κ2) is 4.17. The molecule has 2 aliphatic rings. The van der Waals surface area contributed by atoms with Crippen molar-refractivity contribution >= 4 is 23.0 Å². The van der Waals surface area contributed by atoms with Crippen molar-refractivity contribution in [2.45, 2.75) is 25.4 Å². The number of nitro groups is 1. The van der Waals surface area contributed by atoms with Crippen LogP contribution in [0.25, 0.3) is 0 Å². The molecule has 20 heavy (non-hydrogen) atoms. The summed E-state index contributed by atoms with van der Waals surface area (Å²) >= 11 is 0. The zero-order chi connectivity index (χ0) is 14.5. The van der Waals surface area contributed by atoms with Crippen LogP contribution in [0.15, 0.2) is 12.1 Å². The Labute approximate surface area is 115 Å². The Morgan fingerprint density at radius 2 is 2.25 bits per heavy atom. The van der Waals surface area contributed by atoms with Gasteiger partial charge in [-0.25, -0.2) is 0 Å². The van der Waals surface area contributed by atoms with E-state index < -0.39 is 10.5 Å². The van der Waals surface area contributed by atoms with Gasteiger partial charge in [0.2, 0.25) is 5.91 Å². The lowest BCUT2D eigenvalue weighted by atomic mass is 10.1. The van der Waals surface area contributed by atoms with Crippen LogP contribution in [0.1, 0.15) is 18.9 Å². The van der Waals surface area contributed by atoms with Gasteiger partial charge in [0.05, 0.1) is 16.9 Å². The monoisotopic (exact) mass is 277 g/mol. The minimum atomic E-state index is -0.837. The number of nitro benzene ring substituents is 1. The third kappa shape index (κ3) is 2.09. The van der Waals surface area contributed by atoms with Crippen molar-refractivity contribution in [2.24, 2.45) is 0 Å². The molecule has 7 heteroatoms. The predicted octanol–water partition coefficient (Wildman–Crippen LogP) is 1.05. The van der Waals surface area contributed by atoms with E-state index in [0.29, 0.717) is 36.4 Å². The van der Waals surface area contributed by atoms with Gasteiger partial charge in [0.15, 0.2) is 0 Å². The standard InChI is InChI=1S/C13H15N3O4/c1-13(18)2-3-15(7-13)10-6-9-8(5-12(17)14-9)4-11(10)16(19)20/h4,6,18H,2-3,5,7H2,1H3,(H,14,17). The average Bonchev–Trinajstić information content (AvgIpc) is 2.88. The van der Waals surface area contributed by atoms with Crippen LogP contribution in [0.2, 0.25) is 0 Å². The number of hydrogen-bond acceptors (Lipinski definition) is 5.